The Kier molecular flexibility index (Phi) is 3.14. The summed E-state index contributed by atoms with van der Waals surface area (Å²) < 4.78 is 0. The van der Waals surface area contributed by atoms with Crippen molar-refractivity contribution in [3.8, 4) is 11.5 Å². The molecule has 5 heteroatoms. The molecule has 0 unspecified atom stereocenters. The minimum atomic E-state index is -0.375. The van der Waals surface area contributed by atoms with Crippen molar-refractivity contribution in [1.29, 1.82) is 0 Å². The Morgan fingerprint density at radius 2 is 2.06 bits per heavy atom. The molecule has 1 heterocycles. The summed E-state index contributed by atoms with van der Waals surface area (Å²) in [5.41, 5.74) is 0.745. The van der Waals surface area contributed by atoms with Gasteiger partial charge in [-0.15, -0.1) is 0 Å². The maximum absolute atomic E-state index is 12.1. The molecule has 2 N–H and O–H groups in total. The summed E-state index contributed by atoms with van der Waals surface area (Å²) >= 11 is 0. The predicted molar refractivity (Wildman–Crippen MR) is 66.7 cm³/mol. The van der Waals surface area contributed by atoms with Gasteiger partial charge in [-0.25, -0.2) is 0 Å². The molecule has 92 valence electrons. The molecule has 0 spiro atoms. The van der Waals surface area contributed by atoms with Crippen LogP contribution in [-0.4, -0.2) is 28.2 Å². The van der Waals surface area contributed by atoms with Crippen LogP contribution in [0, 0.1) is 0 Å². The number of aromatic nitrogens is 1. The van der Waals surface area contributed by atoms with E-state index in [9.17, 15) is 15.0 Å². The van der Waals surface area contributed by atoms with Crippen LogP contribution in [-0.2, 0) is 0 Å². The van der Waals surface area contributed by atoms with Crippen molar-refractivity contribution in [2.24, 2.45) is 0 Å². The van der Waals surface area contributed by atoms with Crippen molar-refractivity contribution in [3.05, 3.63) is 48.3 Å². The minimum absolute atomic E-state index is 0.0897. The topological polar surface area (TPSA) is 73.7 Å². The molecule has 0 fully saturated rings. The highest BCUT2D eigenvalue weighted by Gasteiger charge is 2.17. The molecule has 0 bridgehead atoms. The fourth-order valence-electron chi connectivity index (χ4n) is 1.55. The molecule has 0 atom stereocenters. The summed E-state index contributed by atoms with van der Waals surface area (Å²) in [4.78, 5) is 17.4. The Morgan fingerprint density at radius 1 is 1.28 bits per heavy atom. The van der Waals surface area contributed by atoms with Gasteiger partial charge in [-0.3, -0.25) is 9.78 Å². The van der Waals surface area contributed by atoms with E-state index in [1.54, 1.807) is 31.6 Å². The normalized spacial score (nSPS) is 10.1. The molecule has 2 rings (SSSR count). The first-order chi connectivity index (χ1) is 8.59. The second kappa shape index (κ2) is 4.75. The van der Waals surface area contributed by atoms with E-state index in [4.69, 9.17) is 0 Å². The average Bonchev–Trinajstić information content (AvgIpc) is 2.38. The number of hydrogen-bond donors (Lipinski definition) is 2. The Balaban J connectivity index is 2.32. The van der Waals surface area contributed by atoms with Crippen molar-refractivity contribution in [3.63, 3.8) is 0 Å². The van der Waals surface area contributed by atoms with Gasteiger partial charge >= 0.3 is 0 Å². The number of nitrogens with zero attached hydrogens (tertiary/aromatic N) is 2. The van der Waals surface area contributed by atoms with Gasteiger partial charge < -0.3 is 15.1 Å². The van der Waals surface area contributed by atoms with Crippen molar-refractivity contribution >= 4 is 11.6 Å². The van der Waals surface area contributed by atoms with Gasteiger partial charge in [0.05, 0.1) is 17.4 Å². The van der Waals surface area contributed by atoms with Crippen LogP contribution in [0.4, 0.5) is 5.69 Å². The lowest BCUT2D eigenvalue weighted by atomic mass is 10.1. The highest BCUT2D eigenvalue weighted by Crippen LogP contribution is 2.25. The lowest BCUT2D eigenvalue weighted by molar-refractivity contribution is 0.0990. The average molecular weight is 244 g/mol. The smallest absolute Gasteiger partial charge is 0.261 e. The number of carbonyl (C=O) groups excluding carboxylic acids is 1. The van der Waals surface area contributed by atoms with Crippen LogP contribution in [0.1, 0.15) is 10.4 Å². The SMILES string of the molecule is CN(C(=O)c1ccc(O)cc1O)c1cccnc1. The lowest BCUT2D eigenvalue weighted by Crippen LogP contribution is -2.26. The summed E-state index contributed by atoms with van der Waals surface area (Å²) in [7, 11) is 1.59. The number of phenols is 2. The van der Waals surface area contributed by atoms with E-state index in [-0.39, 0.29) is 23.0 Å². The molecular weight excluding hydrogens is 232 g/mol. The number of hydrogen-bond acceptors (Lipinski definition) is 4. The zero-order valence-corrected chi connectivity index (χ0v) is 9.74. The first kappa shape index (κ1) is 11.9. The number of rotatable bonds is 2. The predicted octanol–water partition coefficient (Wildman–Crippen LogP) is 1.77. The molecule has 1 aromatic carbocycles. The fraction of sp³-hybridized carbons (Fsp3) is 0.0769. The summed E-state index contributed by atoms with van der Waals surface area (Å²) in [5.74, 6) is -0.718. The Bertz CT molecular complexity index is 570. The second-order valence-corrected chi connectivity index (χ2v) is 3.78. The van der Waals surface area contributed by atoms with Gasteiger partial charge in [0.2, 0.25) is 0 Å². The number of phenolic OH excluding ortho intramolecular Hbond substituents is 2. The van der Waals surface area contributed by atoms with Gasteiger partial charge in [0.15, 0.2) is 0 Å². The van der Waals surface area contributed by atoms with Crippen molar-refractivity contribution in [1.82, 2.24) is 4.98 Å². The van der Waals surface area contributed by atoms with Crippen LogP contribution in [0.3, 0.4) is 0 Å². The van der Waals surface area contributed by atoms with Gasteiger partial charge in [-0.1, -0.05) is 0 Å². The van der Waals surface area contributed by atoms with Crippen LogP contribution >= 0.6 is 0 Å². The molecule has 1 amide bonds. The van der Waals surface area contributed by atoms with Crippen LogP contribution < -0.4 is 4.90 Å². The van der Waals surface area contributed by atoms with Gasteiger partial charge in [-0.2, -0.15) is 0 Å². The quantitative estimate of drug-likeness (QED) is 0.844. The van der Waals surface area contributed by atoms with Crippen LogP contribution in [0.15, 0.2) is 42.7 Å². The molecule has 2 aromatic rings. The van der Waals surface area contributed by atoms with Crippen LogP contribution in [0.5, 0.6) is 11.5 Å². The van der Waals surface area contributed by atoms with Crippen LogP contribution in [0.25, 0.3) is 0 Å². The van der Waals surface area contributed by atoms with Gasteiger partial charge in [0.25, 0.3) is 5.91 Å². The van der Waals surface area contributed by atoms with E-state index >= 15 is 0 Å². The number of pyridine rings is 1. The number of aromatic hydroxyl groups is 2. The number of carbonyl (C=O) groups is 1. The standard InChI is InChI=1S/C13H12N2O3/c1-15(9-3-2-6-14-8-9)13(18)11-5-4-10(16)7-12(11)17/h2-8,16-17H,1H3. The molecule has 5 nitrogen and oxygen atoms in total. The zero-order valence-electron chi connectivity index (χ0n) is 9.74. The summed E-state index contributed by atoms with van der Waals surface area (Å²) in [6, 6.07) is 7.31. The molecule has 18 heavy (non-hydrogen) atoms. The number of benzene rings is 1. The van der Waals surface area contributed by atoms with E-state index < -0.39 is 0 Å². The van der Waals surface area contributed by atoms with Gasteiger partial charge in [-0.05, 0) is 24.3 Å². The van der Waals surface area contributed by atoms with Crippen LogP contribution in [0.2, 0.25) is 0 Å². The first-order valence-corrected chi connectivity index (χ1v) is 5.29. The summed E-state index contributed by atoms with van der Waals surface area (Å²) in [5, 5.41) is 18.8. The maximum atomic E-state index is 12.1. The second-order valence-electron chi connectivity index (χ2n) is 3.78. The van der Waals surface area contributed by atoms with E-state index in [1.807, 2.05) is 0 Å². The van der Waals surface area contributed by atoms with E-state index in [0.29, 0.717) is 5.69 Å². The van der Waals surface area contributed by atoms with Gasteiger partial charge in [0.1, 0.15) is 11.5 Å². The van der Waals surface area contributed by atoms with E-state index in [1.165, 1.54) is 17.0 Å². The van der Waals surface area contributed by atoms with Gasteiger partial charge in [0, 0.05) is 19.3 Å². The highest BCUT2D eigenvalue weighted by atomic mass is 16.3. The minimum Gasteiger partial charge on any atom is -0.508 e. The van der Waals surface area contributed by atoms with E-state index in [2.05, 4.69) is 4.98 Å². The summed E-state index contributed by atoms with van der Waals surface area (Å²) in [6.07, 6.45) is 3.16. The maximum Gasteiger partial charge on any atom is 0.261 e. The molecule has 0 radical (unpaired) electrons. The Hall–Kier alpha value is -2.56. The lowest BCUT2D eigenvalue weighted by Gasteiger charge is -2.17. The molecule has 1 aromatic heterocycles. The molecule has 0 saturated heterocycles. The zero-order chi connectivity index (χ0) is 13.1. The number of anilines is 1. The molecule has 0 aliphatic carbocycles. The highest BCUT2D eigenvalue weighted by molar-refractivity contribution is 6.07. The largest absolute Gasteiger partial charge is 0.508 e. The molecule has 0 aliphatic rings. The summed E-state index contributed by atoms with van der Waals surface area (Å²) in [6.45, 7) is 0. The Morgan fingerprint density at radius 3 is 2.67 bits per heavy atom. The third-order valence-electron chi connectivity index (χ3n) is 2.55. The van der Waals surface area contributed by atoms with Crippen molar-refractivity contribution in [2.75, 3.05) is 11.9 Å². The molecular formula is C13H12N2O3. The van der Waals surface area contributed by atoms with E-state index in [0.717, 1.165) is 6.07 Å². The third kappa shape index (κ3) is 2.24. The first-order valence-electron chi connectivity index (χ1n) is 5.29. The number of amides is 1. The molecule has 0 saturated carbocycles. The Labute approximate surface area is 104 Å². The molecule has 0 aliphatic heterocycles. The fourth-order valence-corrected chi connectivity index (χ4v) is 1.55. The van der Waals surface area contributed by atoms with Crippen molar-refractivity contribution in [2.45, 2.75) is 0 Å². The monoisotopic (exact) mass is 244 g/mol. The van der Waals surface area contributed by atoms with Crippen molar-refractivity contribution < 1.29 is 15.0 Å². The third-order valence-corrected chi connectivity index (χ3v) is 2.55.